The Morgan fingerprint density at radius 3 is 2.67 bits per heavy atom. The highest BCUT2D eigenvalue weighted by atomic mass is 35.5. The Kier molecular flexibility index (Phi) is 3.20. The number of imide groups is 1. The number of rotatable bonds is 2. The van der Waals surface area contributed by atoms with Crippen LogP contribution in [0, 0.1) is 0 Å². The van der Waals surface area contributed by atoms with Gasteiger partial charge in [0, 0.05) is 23.7 Å². The monoisotopic (exact) mass is 268 g/mol. The van der Waals surface area contributed by atoms with Crippen LogP contribution in [0.15, 0.2) is 18.2 Å². The first-order valence-electron chi connectivity index (χ1n) is 5.12. The first-order chi connectivity index (χ1) is 8.47. The number of nitrogens with zero attached hydrogens (tertiary/aromatic N) is 1. The second kappa shape index (κ2) is 4.66. The maximum absolute atomic E-state index is 11.6. The lowest BCUT2D eigenvalue weighted by molar-refractivity contribution is -0.120. The molecule has 1 saturated heterocycles. The molecule has 0 bridgehead atoms. The number of urea groups is 1. The fourth-order valence-corrected chi connectivity index (χ4v) is 1.89. The van der Waals surface area contributed by atoms with E-state index < -0.39 is 12.0 Å². The van der Waals surface area contributed by atoms with Crippen molar-refractivity contribution in [3.8, 4) is 0 Å². The van der Waals surface area contributed by atoms with E-state index in [0.717, 1.165) is 0 Å². The molecule has 0 atom stereocenters. The van der Waals surface area contributed by atoms with E-state index in [1.807, 2.05) is 0 Å². The molecule has 1 heterocycles. The fourth-order valence-electron chi connectivity index (χ4n) is 1.66. The van der Waals surface area contributed by atoms with E-state index in [0.29, 0.717) is 5.69 Å². The molecule has 2 N–H and O–H groups in total. The molecular weight excluding hydrogens is 260 g/mol. The summed E-state index contributed by atoms with van der Waals surface area (Å²) in [5, 5.41) is 11.3. The summed E-state index contributed by atoms with van der Waals surface area (Å²) in [4.78, 5) is 34.8. The molecule has 1 aliphatic heterocycles. The van der Waals surface area contributed by atoms with Crippen molar-refractivity contribution in [3.63, 3.8) is 0 Å². The molecule has 7 heteroatoms. The molecule has 1 fully saturated rings. The molecule has 3 amide bonds. The molecule has 6 nitrogen and oxygen atoms in total. The number of aromatic carboxylic acids is 1. The van der Waals surface area contributed by atoms with Gasteiger partial charge in [0.15, 0.2) is 0 Å². The molecule has 1 aromatic carbocycles. The van der Waals surface area contributed by atoms with Crippen molar-refractivity contribution in [2.24, 2.45) is 0 Å². The number of carboxylic acids is 1. The van der Waals surface area contributed by atoms with Gasteiger partial charge in [0.1, 0.15) is 0 Å². The molecule has 1 aromatic rings. The van der Waals surface area contributed by atoms with Crippen LogP contribution in [-0.2, 0) is 4.79 Å². The lowest BCUT2D eigenvalue weighted by Crippen LogP contribution is -2.49. The molecular formula is C11H9ClN2O4. The van der Waals surface area contributed by atoms with Crippen molar-refractivity contribution >= 4 is 35.2 Å². The van der Waals surface area contributed by atoms with Crippen molar-refractivity contribution in [1.29, 1.82) is 0 Å². The number of anilines is 1. The van der Waals surface area contributed by atoms with Crippen molar-refractivity contribution in [2.75, 3.05) is 11.4 Å². The molecule has 0 radical (unpaired) electrons. The molecule has 18 heavy (non-hydrogen) atoms. The Hall–Kier alpha value is -2.08. The minimum absolute atomic E-state index is 0.0119. The highest BCUT2D eigenvalue weighted by Crippen LogP contribution is 2.24. The summed E-state index contributed by atoms with van der Waals surface area (Å²) in [7, 11) is 0. The van der Waals surface area contributed by atoms with Crippen LogP contribution in [0.2, 0.25) is 5.02 Å². The Labute approximate surface area is 107 Å². The van der Waals surface area contributed by atoms with Gasteiger partial charge in [-0.25, -0.2) is 9.59 Å². The van der Waals surface area contributed by atoms with Gasteiger partial charge in [-0.3, -0.25) is 15.0 Å². The van der Waals surface area contributed by atoms with Crippen LogP contribution in [-0.4, -0.2) is 29.6 Å². The SMILES string of the molecule is O=C1CCN(c2cc(Cl)cc(C(=O)O)c2)C(=O)N1. The Morgan fingerprint density at radius 1 is 1.33 bits per heavy atom. The summed E-state index contributed by atoms with van der Waals surface area (Å²) in [5.74, 6) is -1.48. The molecule has 94 valence electrons. The second-order valence-corrected chi connectivity index (χ2v) is 4.19. The highest BCUT2D eigenvalue weighted by molar-refractivity contribution is 6.31. The van der Waals surface area contributed by atoms with Gasteiger partial charge in [-0.05, 0) is 18.2 Å². The van der Waals surface area contributed by atoms with Gasteiger partial charge in [0.05, 0.1) is 5.56 Å². The topological polar surface area (TPSA) is 86.7 Å². The molecule has 0 unspecified atom stereocenters. The Morgan fingerprint density at radius 2 is 2.06 bits per heavy atom. The van der Waals surface area contributed by atoms with Crippen molar-refractivity contribution in [1.82, 2.24) is 5.32 Å². The fraction of sp³-hybridized carbons (Fsp3) is 0.182. The van der Waals surface area contributed by atoms with Crippen LogP contribution < -0.4 is 10.2 Å². The van der Waals surface area contributed by atoms with Crippen molar-refractivity contribution in [3.05, 3.63) is 28.8 Å². The predicted octanol–water partition coefficient (Wildman–Crippen LogP) is 1.48. The number of benzene rings is 1. The molecule has 0 aliphatic carbocycles. The molecule has 2 rings (SSSR count). The summed E-state index contributed by atoms with van der Waals surface area (Å²) in [6.07, 6.45) is 0.167. The van der Waals surface area contributed by atoms with E-state index in [-0.39, 0.29) is 29.5 Å². The Balaban J connectivity index is 2.36. The van der Waals surface area contributed by atoms with Crippen LogP contribution in [0.5, 0.6) is 0 Å². The number of carboxylic acid groups (broad SMARTS) is 1. The van der Waals surface area contributed by atoms with Crippen LogP contribution >= 0.6 is 11.6 Å². The average molecular weight is 269 g/mol. The summed E-state index contributed by atoms with van der Waals surface area (Å²) in [5.41, 5.74) is 0.340. The third kappa shape index (κ3) is 2.43. The van der Waals surface area contributed by atoms with Gasteiger partial charge >= 0.3 is 12.0 Å². The highest BCUT2D eigenvalue weighted by Gasteiger charge is 2.25. The molecule has 0 aromatic heterocycles. The average Bonchev–Trinajstić information content (AvgIpc) is 2.27. The van der Waals surface area contributed by atoms with Crippen LogP contribution in [0.1, 0.15) is 16.8 Å². The third-order valence-corrected chi connectivity index (χ3v) is 2.71. The summed E-state index contributed by atoms with van der Waals surface area (Å²) in [6, 6.07) is 3.53. The maximum Gasteiger partial charge on any atom is 0.335 e. The van der Waals surface area contributed by atoms with Gasteiger partial charge < -0.3 is 5.11 Å². The smallest absolute Gasteiger partial charge is 0.335 e. The quantitative estimate of drug-likeness (QED) is 0.851. The third-order valence-electron chi connectivity index (χ3n) is 2.50. The molecule has 0 spiro atoms. The minimum Gasteiger partial charge on any atom is -0.478 e. The van der Waals surface area contributed by atoms with Gasteiger partial charge in [0.25, 0.3) is 0 Å². The molecule has 1 aliphatic rings. The van der Waals surface area contributed by atoms with E-state index in [4.69, 9.17) is 16.7 Å². The number of hydrogen-bond donors (Lipinski definition) is 2. The number of hydrogen-bond acceptors (Lipinski definition) is 3. The zero-order chi connectivity index (χ0) is 13.3. The Bertz CT molecular complexity index is 544. The van der Waals surface area contributed by atoms with E-state index in [2.05, 4.69) is 5.32 Å². The number of carbonyl (C=O) groups is 3. The maximum atomic E-state index is 11.6. The largest absolute Gasteiger partial charge is 0.478 e. The van der Waals surface area contributed by atoms with Gasteiger partial charge in [0.2, 0.25) is 5.91 Å². The van der Waals surface area contributed by atoms with E-state index in [1.165, 1.54) is 23.1 Å². The lowest BCUT2D eigenvalue weighted by Gasteiger charge is -2.26. The predicted molar refractivity (Wildman–Crippen MR) is 63.9 cm³/mol. The normalized spacial score (nSPS) is 15.5. The van der Waals surface area contributed by atoms with Crippen LogP contribution in [0.3, 0.4) is 0 Å². The zero-order valence-electron chi connectivity index (χ0n) is 9.14. The summed E-state index contributed by atoms with van der Waals surface area (Å²) in [6.45, 7) is 0.198. The van der Waals surface area contributed by atoms with Crippen molar-refractivity contribution in [2.45, 2.75) is 6.42 Å². The van der Waals surface area contributed by atoms with E-state index >= 15 is 0 Å². The summed E-state index contributed by atoms with van der Waals surface area (Å²) >= 11 is 5.80. The first kappa shape index (κ1) is 12.4. The summed E-state index contributed by atoms with van der Waals surface area (Å²) < 4.78 is 0. The number of carbonyl (C=O) groups excluding carboxylic acids is 2. The number of halogens is 1. The van der Waals surface area contributed by atoms with Gasteiger partial charge in [-0.15, -0.1) is 0 Å². The first-order valence-corrected chi connectivity index (χ1v) is 5.50. The zero-order valence-corrected chi connectivity index (χ0v) is 9.90. The number of amides is 3. The minimum atomic E-state index is -1.13. The van der Waals surface area contributed by atoms with Gasteiger partial charge in [-0.2, -0.15) is 0 Å². The molecule has 0 saturated carbocycles. The van der Waals surface area contributed by atoms with Crippen LogP contribution in [0.4, 0.5) is 10.5 Å². The lowest BCUT2D eigenvalue weighted by atomic mass is 10.1. The number of nitrogens with one attached hydrogen (secondary N) is 1. The standard InChI is InChI=1S/C11H9ClN2O4/c12-7-3-6(10(16)17)4-8(5-7)14-2-1-9(15)13-11(14)18/h3-5H,1-2H2,(H,16,17)(H,13,15,18). The van der Waals surface area contributed by atoms with Crippen LogP contribution in [0.25, 0.3) is 0 Å². The van der Waals surface area contributed by atoms with E-state index in [1.54, 1.807) is 0 Å². The second-order valence-electron chi connectivity index (χ2n) is 3.76. The van der Waals surface area contributed by atoms with Gasteiger partial charge in [-0.1, -0.05) is 11.6 Å². The van der Waals surface area contributed by atoms with E-state index in [9.17, 15) is 14.4 Å². The van der Waals surface area contributed by atoms with Crippen molar-refractivity contribution < 1.29 is 19.5 Å².